The number of carbonyl (C=O) groups is 1. The molecule has 252 valence electrons. The first-order valence-electron chi connectivity index (χ1n) is 17.7. The first kappa shape index (κ1) is 32.4. The summed E-state index contributed by atoms with van der Waals surface area (Å²) in [6.07, 6.45) is 11.4. The van der Waals surface area contributed by atoms with Crippen LogP contribution in [-0.4, -0.2) is 85.6 Å². The molecule has 0 aromatic rings. The number of rotatable bonds is 2. The Balaban J connectivity index is 1.44. The molecule has 3 aliphatic carbocycles. The number of ketones is 1. The Bertz CT molecular complexity index is 1240. The van der Waals surface area contributed by atoms with Crippen LogP contribution < -0.4 is 0 Å². The van der Waals surface area contributed by atoms with E-state index in [-0.39, 0.29) is 11.8 Å². The predicted molar refractivity (Wildman–Crippen MR) is 165 cm³/mol. The lowest BCUT2D eigenvalue weighted by Gasteiger charge is -2.62. The second-order valence-corrected chi connectivity index (χ2v) is 15.8. The number of aliphatic hydroxyl groups excluding tert-OH is 3. The first-order chi connectivity index (χ1) is 21.4. The highest BCUT2D eigenvalue weighted by molar-refractivity contribution is 5.93. The van der Waals surface area contributed by atoms with E-state index in [2.05, 4.69) is 13.5 Å². The maximum Gasteiger partial charge on any atom is 0.306 e. The summed E-state index contributed by atoms with van der Waals surface area (Å²) in [6, 6.07) is 0. The molecule has 3 saturated heterocycles. The lowest BCUT2D eigenvalue weighted by atomic mass is 9.51. The van der Waals surface area contributed by atoms with Crippen LogP contribution in [0.25, 0.3) is 0 Å². The van der Waals surface area contributed by atoms with Crippen molar-refractivity contribution in [3.8, 4) is 0 Å². The molecular formula is C36H54O9. The van der Waals surface area contributed by atoms with Gasteiger partial charge in [0.15, 0.2) is 11.4 Å². The van der Waals surface area contributed by atoms with Crippen LogP contribution in [0.15, 0.2) is 24.3 Å². The van der Waals surface area contributed by atoms with Gasteiger partial charge >= 0.3 is 5.97 Å². The molecule has 9 heteroatoms. The van der Waals surface area contributed by atoms with Gasteiger partial charge < -0.3 is 39.4 Å². The van der Waals surface area contributed by atoms with E-state index in [0.29, 0.717) is 5.57 Å². The lowest BCUT2D eigenvalue weighted by Crippen LogP contribution is -2.77. The number of hydrogen-bond acceptors (Lipinski definition) is 9. The van der Waals surface area contributed by atoms with Crippen LogP contribution in [0, 0.1) is 35.5 Å². The summed E-state index contributed by atoms with van der Waals surface area (Å²) in [5.41, 5.74) is -6.03. The average molecular weight is 631 g/mol. The number of epoxide rings is 1. The van der Waals surface area contributed by atoms with Crippen molar-refractivity contribution >= 4 is 5.78 Å². The second kappa shape index (κ2) is 10.9. The minimum Gasteiger partial charge on any atom is -0.393 e. The maximum atomic E-state index is 14.4. The van der Waals surface area contributed by atoms with E-state index in [9.17, 15) is 25.2 Å². The zero-order chi connectivity index (χ0) is 32.2. The summed E-state index contributed by atoms with van der Waals surface area (Å²) in [4.78, 5) is 14.4. The molecule has 3 bridgehead atoms. The van der Waals surface area contributed by atoms with Crippen molar-refractivity contribution in [2.75, 3.05) is 6.61 Å². The molecule has 7 aliphatic rings. The van der Waals surface area contributed by atoms with Crippen LogP contribution in [-0.2, 0) is 23.7 Å². The standard InChI is InChI=1S/C36H54O9/c1-20(2)35-28(39)23(5)36-25-29-32(19-37,42-29)31(40)34(41)26(36)24(22(4)27(34)38)21(3)17-15-13-11-9-7-6-8-10-12-14-16-18-33(44-35,45-36)43-30(25)35/h16,18,21-26,28-31,37,39-41H,1,6-15,17,19H2,2-5H3. The second-order valence-electron chi connectivity index (χ2n) is 15.8. The highest BCUT2D eigenvalue weighted by Gasteiger charge is 2.91. The van der Waals surface area contributed by atoms with Crippen LogP contribution in [0.4, 0.5) is 0 Å². The van der Waals surface area contributed by atoms with Crippen molar-refractivity contribution in [2.24, 2.45) is 35.5 Å². The topological polar surface area (TPSA) is 138 Å². The fourth-order valence-electron chi connectivity index (χ4n) is 11.2. The predicted octanol–water partition coefficient (Wildman–Crippen LogP) is 3.95. The molecule has 4 heterocycles. The van der Waals surface area contributed by atoms with Gasteiger partial charge in [-0.05, 0) is 37.2 Å². The Kier molecular flexibility index (Phi) is 7.86. The van der Waals surface area contributed by atoms with Gasteiger partial charge in [0.2, 0.25) is 0 Å². The summed E-state index contributed by atoms with van der Waals surface area (Å²) < 4.78 is 27.0. The SMILES string of the molecule is C=C(C)C12OC34C=CCCCCCCCCCCCC(C)C5C(C)C(=O)C6(O)C(O)C7(CO)OC7C(C1O3)C(O4)(C(C)C2O)C56. The van der Waals surface area contributed by atoms with Gasteiger partial charge in [0, 0.05) is 29.7 Å². The fourth-order valence-corrected chi connectivity index (χ4v) is 11.2. The zero-order valence-electron chi connectivity index (χ0n) is 27.5. The van der Waals surface area contributed by atoms with Gasteiger partial charge in [-0.3, -0.25) is 4.79 Å². The third kappa shape index (κ3) is 4.05. The van der Waals surface area contributed by atoms with E-state index in [1.54, 1.807) is 6.08 Å². The third-order valence-electron chi connectivity index (χ3n) is 13.4. The van der Waals surface area contributed by atoms with E-state index in [0.717, 1.165) is 38.5 Å². The third-order valence-corrected chi connectivity index (χ3v) is 13.4. The van der Waals surface area contributed by atoms with Gasteiger partial charge in [-0.1, -0.05) is 91.2 Å². The molecule has 0 aromatic heterocycles. The molecular weight excluding hydrogens is 576 g/mol. The summed E-state index contributed by atoms with van der Waals surface area (Å²) in [5, 5.41) is 48.0. The van der Waals surface area contributed by atoms with E-state index in [4.69, 9.17) is 18.9 Å². The molecule has 0 amide bonds. The number of Topliss-reactive ketones (excluding diaryl/α,β-unsaturated/α-hetero) is 1. The molecule has 45 heavy (non-hydrogen) atoms. The minimum absolute atomic E-state index is 0.0152. The number of aliphatic hydroxyl groups is 4. The maximum absolute atomic E-state index is 14.4. The highest BCUT2D eigenvalue weighted by atomic mass is 16.9. The van der Waals surface area contributed by atoms with Crippen LogP contribution in [0.2, 0.25) is 0 Å². The van der Waals surface area contributed by atoms with E-state index >= 15 is 0 Å². The molecule has 7 rings (SSSR count). The van der Waals surface area contributed by atoms with Gasteiger partial charge in [0.25, 0.3) is 0 Å². The van der Waals surface area contributed by atoms with Crippen LogP contribution in [0.3, 0.4) is 0 Å². The lowest BCUT2D eigenvalue weighted by molar-refractivity contribution is -0.414. The average Bonchev–Trinajstić information content (AvgIpc) is 3.64. The number of carbonyl (C=O) groups excluding carboxylic acids is 1. The Morgan fingerprint density at radius 3 is 2.24 bits per heavy atom. The number of ether oxygens (including phenoxy) is 4. The van der Waals surface area contributed by atoms with Crippen LogP contribution in [0.5, 0.6) is 0 Å². The molecule has 0 aromatic carbocycles. The van der Waals surface area contributed by atoms with Crippen molar-refractivity contribution in [1.82, 2.24) is 0 Å². The zero-order valence-corrected chi connectivity index (χ0v) is 27.5. The number of hydrogen-bond donors (Lipinski definition) is 4. The van der Waals surface area contributed by atoms with Gasteiger partial charge in [-0.2, -0.15) is 0 Å². The van der Waals surface area contributed by atoms with Crippen molar-refractivity contribution in [1.29, 1.82) is 0 Å². The fraction of sp³-hybridized carbons (Fsp3) is 0.861. The number of fused-ring (bicyclic) bond motifs is 1. The highest BCUT2D eigenvalue weighted by Crippen LogP contribution is 2.74. The summed E-state index contributed by atoms with van der Waals surface area (Å²) >= 11 is 0. The minimum atomic E-state index is -2.28. The Labute approximate surface area is 267 Å². The molecule has 6 fully saturated rings. The summed E-state index contributed by atoms with van der Waals surface area (Å²) in [5.74, 6) is -5.32. The normalized spacial score (nSPS) is 56.1. The molecule has 0 radical (unpaired) electrons. The van der Waals surface area contributed by atoms with E-state index in [1.807, 2.05) is 26.8 Å². The first-order valence-corrected chi connectivity index (χ1v) is 17.7. The van der Waals surface area contributed by atoms with Crippen molar-refractivity contribution < 1.29 is 44.2 Å². The molecule has 15 atom stereocenters. The van der Waals surface area contributed by atoms with E-state index in [1.165, 1.54) is 32.1 Å². The van der Waals surface area contributed by atoms with Crippen molar-refractivity contribution in [3.05, 3.63) is 24.3 Å². The van der Waals surface area contributed by atoms with Gasteiger partial charge in [0.05, 0.1) is 18.3 Å². The largest absolute Gasteiger partial charge is 0.393 e. The number of allylic oxidation sites excluding steroid dienone is 1. The monoisotopic (exact) mass is 630 g/mol. The Hall–Kier alpha value is -1.17. The van der Waals surface area contributed by atoms with E-state index < -0.39 is 88.9 Å². The Morgan fingerprint density at radius 2 is 1.60 bits per heavy atom. The molecule has 4 aliphatic heterocycles. The summed E-state index contributed by atoms with van der Waals surface area (Å²) in [6.45, 7) is 11.4. The molecule has 3 saturated carbocycles. The smallest absolute Gasteiger partial charge is 0.306 e. The van der Waals surface area contributed by atoms with Gasteiger partial charge in [0.1, 0.15) is 29.5 Å². The molecule has 2 spiro atoms. The molecule has 15 unspecified atom stereocenters. The van der Waals surface area contributed by atoms with Crippen LogP contribution in [0.1, 0.15) is 98.3 Å². The van der Waals surface area contributed by atoms with Crippen LogP contribution >= 0.6 is 0 Å². The molecule has 9 nitrogen and oxygen atoms in total. The van der Waals surface area contributed by atoms with Crippen molar-refractivity contribution in [2.45, 2.75) is 151 Å². The van der Waals surface area contributed by atoms with Crippen molar-refractivity contribution in [3.63, 3.8) is 0 Å². The van der Waals surface area contributed by atoms with Gasteiger partial charge in [-0.15, -0.1) is 0 Å². The Morgan fingerprint density at radius 1 is 0.956 bits per heavy atom. The van der Waals surface area contributed by atoms with Gasteiger partial charge in [-0.25, -0.2) is 0 Å². The molecule has 4 N–H and O–H groups in total. The summed E-state index contributed by atoms with van der Waals surface area (Å²) in [7, 11) is 0. The quantitative estimate of drug-likeness (QED) is 0.264.